The molecule has 1 saturated heterocycles. The maximum Gasteiger partial charge on any atom is 0.217 e. The van der Waals surface area contributed by atoms with E-state index in [4.69, 9.17) is 60.6 Å². The normalized spacial score (nSPS) is 18.7. The predicted molar refractivity (Wildman–Crippen MR) is 181 cm³/mol. The van der Waals surface area contributed by atoms with Crippen LogP contribution >= 0.6 is 46.4 Å². The van der Waals surface area contributed by atoms with Gasteiger partial charge in [0.1, 0.15) is 49.0 Å². The topological polar surface area (TPSA) is 109 Å². The molecule has 0 bridgehead atoms. The number of benzene rings is 3. The van der Waals surface area contributed by atoms with Crippen LogP contribution in [0.4, 0.5) is 0 Å². The van der Waals surface area contributed by atoms with E-state index in [2.05, 4.69) is 27.1 Å². The Morgan fingerprint density at radius 1 is 0.894 bits per heavy atom. The third kappa shape index (κ3) is 9.03. The third-order valence-electron chi connectivity index (χ3n) is 7.45. The van der Waals surface area contributed by atoms with E-state index in [1.54, 1.807) is 70.5 Å². The molecule has 0 amide bonds. The molecule has 0 saturated carbocycles. The zero-order chi connectivity index (χ0) is 33.4. The first kappa shape index (κ1) is 35.1. The molecular weight excluding hydrogens is 686 g/mol. The van der Waals surface area contributed by atoms with Crippen molar-refractivity contribution in [3.8, 4) is 11.5 Å². The molecule has 0 radical (unpaired) electrons. The molecule has 14 heteroatoms. The fraction of sp³-hybridized carbons (Fsp3) is 0.333. The van der Waals surface area contributed by atoms with E-state index in [9.17, 15) is 5.11 Å². The van der Waals surface area contributed by atoms with Crippen LogP contribution in [0.25, 0.3) is 0 Å². The highest BCUT2D eigenvalue weighted by molar-refractivity contribution is 6.35. The fourth-order valence-electron chi connectivity index (χ4n) is 5.21. The lowest BCUT2D eigenvalue weighted by atomic mass is 9.88. The number of hydrogen-bond donors (Lipinski definition) is 1. The smallest absolute Gasteiger partial charge is 0.217 e. The first-order valence-corrected chi connectivity index (χ1v) is 16.5. The summed E-state index contributed by atoms with van der Waals surface area (Å²) in [6.45, 7) is 5.16. The summed E-state index contributed by atoms with van der Waals surface area (Å²) in [5.41, 5.74) is 0.311. The predicted octanol–water partition coefficient (Wildman–Crippen LogP) is 8.33. The summed E-state index contributed by atoms with van der Waals surface area (Å²) < 4.78 is 21.2. The van der Waals surface area contributed by atoms with Gasteiger partial charge in [0.25, 0.3) is 0 Å². The highest BCUT2D eigenvalue weighted by atomic mass is 35.5. The Bertz CT molecular complexity index is 1730. The van der Waals surface area contributed by atoms with Gasteiger partial charge in [0, 0.05) is 26.2 Å². The maximum absolute atomic E-state index is 11.0. The monoisotopic (exact) mass is 718 g/mol. The SMILES string of the molecule is CCCCC(O)(Cn1cncn1)c1ccc(Cl)cc1Cl.C[C@H]1CO[C@](Cn2cncn2)(c2ccc(Oc3ccc(Cl)cc3)cc2Cl)O1. The van der Waals surface area contributed by atoms with Crippen LogP contribution in [0, 0.1) is 0 Å². The van der Waals surface area contributed by atoms with Crippen LogP contribution in [0.1, 0.15) is 44.2 Å². The zero-order valence-corrected chi connectivity index (χ0v) is 28.8. The van der Waals surface area contributed by atoms with Gasteiger partial charge in [-0.1, -0.05) is 72.2 Å². The first-order valence-electron chi connectivity index (χ1n) is 15.0. The number of ether oxygens (including phenoxy) is 3. The van der Waals surface area contributed by atoms with Crippen LogP contribution in [-0.4, -0.2) is 47.3 Å². The average Bonchev–Trinajstić information content (AvgIpc) is 3.82. The summed E-state index contributed by atoms with van der Waals surface area (Å²) >= 11 is 24.6. The van der Waals surface area contributed by atoms with Crippen molar-refractivity contribution in [2.75, 3.05) is 6.61 Å². The number of halogens is 4. The van der Waals surface area contributed by atoms with E-state index in [0.717, 1.165) is 12.8 Å². The Morgan fingerprint density at radius 3 is 2.17 bits per heavy atom. The van der Waals surface area contributed by atoms with Gasteiger partial charge in [0.15, 0.2) is 0 Å². The molecule has 3 heterocycles. The van der Waals surface area contributed by atoms with Gasteiger partial charge in [0.05, 0.1) is 24.3 Å². The second-order valence-corrected chi connectivity index (χ2v) is 12.8. The van der Waals surface area contributed by atoms with Gasteiger partial charge in [-0.2, -0.15) is 10.2 Å². The van der Waals surface area contributed by atoms with E-state index in [-0.39, 0.29) is 6.10 Å². The van der Waals surface area contributed by atoms with Crippen LogP contribution in [0.3, 0.4) is 0 Å². The van der Waals surface area contributed by atoms with Crippen LogP contribution in [0.2, 0.25) is 20.1 Å². The number of rotatable bonds is 11. The Kier molecular flexibility index (Phi) is 11.8. The van der Waals surface area contributed by atoms with Gasteiger partial charge in [0.2, 0.25) is 5.79 Å². The van der Waals surface area contributed by atoms with Crippen molar-refractivity contribution in [2.24, 2.45) is 0 Å². The van der Waals surface area contributed by atoms with Crippen molar-refractivity contribution in [2.45, 2.75) is 63.7 Å². The molecule has 0 aliphatic carbocycles. The summed E-state index contributed by atoms with van der Waals surface area (Å²) in [7, 11) is 0. The number of unbranched alkanes of at least 4 members (excludes halogenated alkanes) is 1. The Hall–Kier alpha value is -3.22. The van der Waals surface area contributed by atoms with E-state index in [1.165, 1.54) is 12.7 Å². The first-order chi connectivity index (χ1) is 22.6. The summed E-state index contributed by atoms with van der Waals surface area (Å²) in [4.78, 5) is 7.88. The lowest BCUT2D eigenvalue weighted by Crippen LogP contribution is -2.34. The minimum atomic E-state index is -1.08. The summed E-state index contributed by atoms with van der Waals surface area (Å²) in [6.07, 6.45) is 8.54. The molecule has 248 valence electrons. The summed E-state index contributed by atoms with van der Waals surface area (Å²) in [5.74, 6) is 0.249. The zero-order valence-electron chi connectivity index (χ0n) is 25.8. The molecule has 47 heavy (non-hydrogen) atoms. The van der Waals surface area contributed by atoms with Gasteiger partial charge < -0.3 is 19.3 Å². The van der Waals surface area contributed by atoms with Gasteiger partial charge in [-0.15, -0.1) is 0 Å². The number of aromatic nitrogens is 6. The molecule has 10 nitrogen and oxygen atoms in total. The summed E-state index contributed by atoms with van der Waals surface area (Å²) in [6, 6.07) is 17.7. The third-order valence-corrected chi connectivity index (χ3v) is 8.56. The highest BCUT2D eigenvalue weighted by Crippen LogP contribution is 2.41. The molecule has 1 N–H and O–H groups in total. The molecular formula is C33H34Cl4N6O4. The molecule has 0 spiro atoms. The standard InChI is InChI=1S/C19H17Cl2N3O3.C14H17Cl2N3O/c1-13-9-25-19(27-13,10-24-12-22-11-23-24)17-7-6-16(8-18(17)21)26-15-4-2-14(20)3-5-15;1-2-3-6-14(20,8-19-10-17-9-18-19)12-5-4-11(15)7-13(12)16/h2-8,11-13H,9-10H2,1H3;4-5,7,9-10,20H,2-3,6,8H2,1H3/t13-,19-;/m0./s1. The minimum Gasteiger partial charge on any atom is -0.457 e. The molecule has 5 aromatic rings. The van der Waals surface area contributed by atoms with Crippen molar-refractivity contribution >= 4 is 46.4 Å². The molecule has 1 aliphatic heterocycles. The molecule has 1 unspecified atom stereocenters. The van der Waals surface area contributed by atoms with Crippen LogP contribution in [0.5, 0.6) is 11.5 Å². The Balaban J connectivity index is 0.000000194. The largest absolute Gasteiger partial charge is 0.457 e. The van der Waals surface area contributed by atoms with Crippen molar-refractivity contribution in [1.29, 1.82) is 0 Å². The lowest BCUT2D eigenvalue weighted by molar-refractivity contribution is -0.186. The Labute approximate surface area is 293 Å². The fourth-order valence-corrected chi connectivity index (χ4v) is 6.23. The second kappa shape index (κ2) is 15.8. The highest BCUT2D eigenvalue weighted by Gasteiger charge is 2.44. The molecule has 3 aromatic carbocycles. The molecule has 3 atom stereocenters. The van der Waals surface area contributed by atoms with Gasteiger partial charge >= 0.3 is 0 Å². The van der Waals surface area contributed by atoms with Crippen LogP contribution < -0.4 is 4.74 Å². The quantitative estimate of drug-likeness (QED) is 0.145. The maximum atomic E-state index is 11.0. The van der Waals surface area contributed by atoms with Crippen LogP contribution in [-0.2, 0) is 34.0 Å². The second-order valence-electron chi connectivity index (χ2n) is 11.1. The molecule has 1 aliphatic rings. The molecule has 1 fully saturated rings. The Morgan fingerprint density at radius 2 is 1.57 bits per heavy atom. The van der Waals surface area contributed by atoms with Crippen molar-refractivity contribution in [1.82, 2.24) is 29.5 Å². The number of nitrogens with zero attached hydrogens (tertiary/aromatic N) is 6. The van der Waals surface area contributed by atoms with E-state index < -0.39 is 11.4 Å². The molecule has 6 rings (SSSR count). The minimum absolute atomic E-state index is 0.0606. The van der Waals surface area contributed by atoms with Crippen molar-refractivity contribution < 1.29 is 19.3 Å². The van der Waals surface area contributed by atoms with E-state index in [1.807, 2.05) is 19.1 Å². The number of hydrogen-bond acceptors (Lipinski definition) is 8. The number of aliphatic hydroxyl groups is 1. The van der Waals surface area contributed by atoms with Gasteiger partial charge in [-0.05, 0) is 67.9 Å². The van der Waals surface area contributed by atoms with Crippen LogP contribution in [0.15, 0.2) is 86.0 Å². The average molecular weight is 720 g/mol. The van der Waals surface area contributed by atoms with Gasteiger partial charge in [-0.25, -0.2) is 19.3 Å². The lowest BCUT2D eigenvalue weighted by Gasteiger charge is -2.29. The van der Waals surface area contributed by atoms with Crippen molar-refractivity contribution in [3.05, 3.63) is 117 Å². The van der Waals surface area contributed by atoms with Crippen molar-refractivity contribution in [3.63, 3.8) is 0 Å². The van der Waals surface area contributed by atoms with Gasteiger partial charge in [-0.3, -0.25) is 0 Å². The summed E-state index contributed by atoms with van der Waals surface area (Å²) in [5, 5.41) is 21.4. The van der Waals surface area contributed by atoms with E-state index >= 15 is 0 Å². The molecule has 2 aromatic heterocycles. The van der Waals surface area contributed by atoms with E-state index in [0.29, 0.717) is 68.8 Å².